The monoisotopic (exact) mass is 270 g/mol. The maximum atomic E-state index is 12.5. The highest BCUT2D eigenvalue weighted by Crippen LogP contribution is 2.17. The standard InChI is InChI=1S/C14H26N2O3/c1-2-3-8-13(11-16(19)12-17)14(18)15-9-6-4-5-7-10-15/h12-13,19H,2-11H2,1H3. The Labute approximate surface area is 115 Å². The molecule has 5 nitrogen and oxygen atoms in total. The second-order valence-electron chi connectivity index (χ2n) is 5.31. The lowest BCUT2D eigenvalue weighted by Crippen LogP contribution is -2.41. The Morgan fingerprint density at radius 1 is 1.32 bits per heavy atom. The molecule has 1 aliphatic rings. The van der Waals surface area contributed by atoms with Crippen molar-refractivity contribution in [1.29, 1.82) is 0 Å². The van der Waals surface area contributed by atoms with E-state index in [4.69, 9.17) is 0 Å². The van der Waals surface area contributed by atoms with Gasteiger partial charge in [0.05, 0.1) is 12.5 Å². The van der Waals surface area contributed by atoms with Crippen molar-refractivity contribution in [3.63, 3.8) is 0 Å². The fourth-order valence-corrected chi connectivity index (χ4v) is 2.56. The van der Waals surface area contributed by atoms with Crippen molar-refractivity contribution in [2.24, 2.45) is 5.92 Å². The highest BCUT2D eigenvalue weighted by Gasteiger charge is 2.25. The zero-order valence-corrected chi connectivity index (χ0v) is 11.9. The number of amides is 2. The molecule has 1 atom stereocenters. The predicted molar refractivity (Wildman–Crippen MR) is 72.6 cm³/mol. The van der Waals surface area contributed by atoms with Gasteiger partial charge >= 0.3 is 0 Å². The largest absolute Gasteiger partial charge is 0.342 e. The molecule has 1 heterocycles. The lowest BCUT2D eigenvalue weighted by molar-refractivity contribution is -0.157. The lowest BCUT2D eigenvalue weighted by atomic mass is 10.00. The smallest absolute Gasteiger partial charge is 0.233 e. The number of nitrogens with zero attached hydrogens (tertiary/aromatic N) is 2. The van der Waals surface area contributed by atoms with Gasteiger partial charge in [-0.25, -0.2) is 5.06 Å². The number of carbonyl (C=O) groups is 2. The van der Waals surface area contributed by atoms with Crippen molar-refractivity contribution in [3.8, 4) is 0 Å². The minimum atomic E-state index is -0.270. The van der Waals surface area contributed by atoms with Gasteiger partial charge in [0, 0.05) is 13.1 Å². The molecule has 0 aromatic carbocycles. The Bertz CT molecular complexity index is 276. The number of hydroxylamine groups is 2. The van der Waals surface area contributed by atoms with Gasteiger partial charge in [0.2, 0.25) is 12.3 Å². The van der Waals surface area contributed by atoms with Gasteiger partial charge < -0.3 is 4.90 Å². The minimum absolute atomic E-state index is 0.0938. The van der Waals surface area contributed by atoms with Crippen LogP contribution in [0.25, 0.3) is 0 Å². The van der Waals surface area contributed by atoms with Crippen molar-refractivity contribution in [3.05, 3.63) is 0 Å². The van der Waals surface area contributed by atoms with Crippen molar-refractivity contribution >= 4 is 12.3 Å². The van der Waals surface area contributed by atoms with Gasteiger partial charge in [0.15, 0.2) is 0 Å². The number of unbranched alkanes of at least 4 members (excludes halogenated alkanes) is 1. The number of carbonyl (C=O) groups excluding carboxylic acids is 2. The average Bonchev–Trinajstić information content (AvgIpc) is 2.71. The second kappa shape index (κ2) is 8.91. The Hall–Kier alpha value is -1.10. The van der Waals surface area contributed by atoms with Crippen molar-refractivity contribution < 1.29 is 14.8 Å². The molecule has 1 rings (SSSR count). The molecule has 0 aliphatic carbocycles. The van der Waals surface area contributed by atoms with E-state index in [1.807, 2.05) is 4.90 Å². The molecule has 1 saturated heterocycles. The molecule has 1 unspecified atom stereocenters. The van der Waals surface area contributed by atoms with E-state index in [-0.39, 0.29) is 18.4 Å². The number of hydrogen-bond donors (Lipinski definition) is 1. The van der Waals surface area contributed by atoms with Crippen LogP contribution in [0.4, 0.5) is 0 Å². The Morgan fingerprint density at radius 2 is 1.95 bits per heavy atom. The average molecular weight is 270 g/mol. The SMILES string of the molecule is CCCCC(CN(O)C=O)C(=O)N1CCCCCC1. The highest BCUT2D eigenvalue weighted by atomic mass is 16.5. The topological polar surface area (TPSA) is 60.9 Å². The van der Waals surface area contributed by atoms with Gasteiger partial charge in [-0.2, -0.15) is 0 Å². The summed E-state index contributed by atoms with van der Waals surface area (Å²) in [6, 6.07) is 0. The van der Waals surface area contributed by atoms with Crippen LogP contribution in [0.1, 0.15) is 51.9 Å². The summed E-state index contributed by atoms with van der Waals surface area (Å²) in [7, 11) is 0. The first-order valence-corrected chi connectivity index (χ1v) is 7.38. The molecule has 5 heteroatoms. The first kappa shape index (κ1) is 16.0. The molecule has 1 fully saturated rings. The van der Waals surface area contributed by atoms with Crippen LogP contribution in [-0.4, -0.2) is 47.1 Å². The summed E-state index contributed by atoms with van der Waals surface area (Å²) < 4.78 is 0. The summed E-state index contributed by atoms with van der Waals surface area (Å²) in [5.41, 5.74) is 0. The van der Waals surface area contributed by atoms with E-state index in [9.17, 15) is 14.8 Å². The Morgan fingerprint density at radius 3 is 2.47 bits per heavy atom. The Balaban J connectivity index is 2.59. The van der Waals surface area contributed by atoms with E-state index in [0.717, 1.165) is 45.2 Å². The third kappa shape index (κ3) is 5.59. The van der Waals surface area contributed by atoms with Gasteiger partial charge in [-0.3, -0.25) is 14.8 Å². The van der Waals surface area contributed by atoms with Crippen LogP contribution in [-0.2, 0) is 9.59 Å². The van der Waals surface area contributed by atoms with Gasteiger partial charge in [0.1, 0.15) is 0 Å². The fourth-order valence-electron chi connectivity index (χ4n) is 2.56. The van der Waals surface area contributed by atoms with Gasteiger partial charge in [-0.05, 0) is 19.3 Å². The van der Waals surface area contributed by atoms with Crippen LogP contribution < -0.4 is 0 Å². The maximum Gasteiger partial charge on any atom is 0.233 e. The highest BCUT2D eigenvalue weighted by molar-refractivity contribution is 5.79. The molecular formula is C14H26N2O3. The lowest BCUT2D eigenvalue weighted by Gasteiger charge is -2.27. The first-order chi connectivity index (χ1) is 9.19. The zero-order valence-electron chi connectivity index (χ0n) is 11.9. The molecule has 1 N–H and O–H groups in total. The van der Waals surface area contributed by atoms with Crippen molar-refractivity contribution in [2.45, 2.75) is 51.9 Å². The molecular weight excluding hydrogens is 244 g/mol. The first-order valence-electron chi connectivity index (χ1n) is 7.38. The molecule has 1 aliphatic heterocycles. The third-order valence-electron chi connectivity index (χ3n) is 3.70. The van der Waals surface area contributed by atoms with Crippen LogP contribution in [0, 0.1) is 5.92 Å². The van der Waals surface area contributed by atoms with Crippen molar-refractivity contribution in [2.75, 3.05) is 19.6 Å². The van der Waals surface area contributed by atoms with E-state index < -0.39 is 0 Å². The normalized spacial score (nSPS) is 17.7. The van der Waals surface area contributed by atoms with Gasteiger partial charge in [-0.1, -0.05) is 32.6 Å². The predicted octanol–water partition coefficient (Wildman–Crippen LogP) is 2.04. The molecule has 19 heavy (non-hydrogen) atoms. The van der Waals surface area contributed by atoms with E-state index >= 15 is 0 Å². The molecule has 0 spiro atoms. The molecule has 110 valence electrons. The molecule has 0 aromatic heterocycles. The summed E-state index contributed by atoms with van der Waals surface area (Å²) in [4.78, 5) is 24.9. The van der Waals surface area contributed by atoms with Crippen LogP contribution in [0.3, 0.4) is 0 Å². The fraction of sp³-hybridized carbons (Fsp3) is 0.857. The number of rotatable bonds is 7. The van der Waals surface area contributed by atoms with E-state index in [0.29, 0.717) is 11.5 Å². The molecule has 0 bridgehead atoms. The van der Waals surface area contributed by atoms with Gasteiger partial charge in [-0.15, -0.1) is 0 Å². The quantitative estimate of drug-likeness (QED) is 0.437. The second-order valence-corrected chi connectivity index (χ2v) is 5.31. The van der Waals surface area contributed by atoms with E-state index in [1.54, 1.807) is 0 Å². The van der Waals surface area contributed by atoms with E-state index in [1.165, 1.54) is 12.8 Å². The third-order valence-corrected chi connectivity index (χ3v) is 3.70. The van der Waals surface area contributed by atoms with Crippen LogP contribution in [0.5, 0.6) is 0 Å². The summed E-state index contributed by atoms with van der Waals surface area (Å²) >= 11 is 0. The molecule has 0 saturated carbocycles. The molecule has 2 amide bonds. The maximum absolute atomic E-state index is 12.5. The van der Waals surface area contributed by atoms with Crippen LogP contribution in [0.15, 0.2) is 0 Å². The van der Waals surface area contributed by atoms with Gasteiger partial charge in [0.25, 0.3) is 0 Å². The minimum Gasteiger partial charge on any atom is -0.342 e. The summed E-state index contributed by atoms with van der Waals surface area (Å²) in [6.07, 6.45) is 7.54. The Kier molecular flexibility index (Phi) is 7.48. The van der Waals surface area contributed by atoms with Crippen LogP contribution >= 0.6 is 0 Å². The molecule has 0 aromatic rings. The van der Waals surface area contributed by atoms with Crippen molar-refractivity contribution in [1.82, 2.24) is 9.96 Å². The van der Waals surface area contributed by atoms with Crippen LogP contribution in [0.2, 0.25) is 0 Å². The van der Waals surface area contributed by atoms with E-state index in [2.05, 4.69) is 6.92 Å². The number of likely N-dealkylation sites (tertiary alicyclic amines) is 1. The molecule has 0 radical (unpaired) electrons. The summed E-state index contributed by atoms with van der Waals surface area (Å²) in [5.74, 6) is -0.176. The summed E-state index contributed by atoms with van der Waals surface area (Å²) in [5, 5.41) is 9.92. The zero-order chi connectivity index (χ0) is 14.1. The number of hydrogen-bond acceptors (Lipinski definition) is 3. The summed E-state index contributed by atoms with van der Waals surface area (Å²) in [6.45, 7) is 3.81.